The lowest BCUT2D eigenvalue weighted by Gasteiger charge is -2.07. The average molecular weight is 277 g/mol. The summed E-state index contributed by atoms with van der Waals surface area (Å²) in [6.45, 7) is 0. The van der Waals surface area contributed by atoms with Crippen LogP contribution in [0.1, 0.15) is 5.82 Å². The van der Waals surface area contributed by atoms with Gasteiger partial charge in [-0.25, -0.2) is 18.4 Å². The molecule has 0 aliphatic heterocycles. The van der Waals surface area contributed by atoms with Gasteiger partial charge in [0.1, 0.15) is 17.4 Å². The first-order chi connectivity index (χ1) is 8.98. The van der Waals surface area contributed by atoms with Gasteiger partial charge in [0.05, 0.1) is 5.69 Å². The molecule has 6 heteroatoms. The number of sulfone groups is 1. The maximum absolute atomic E-state index is 11.3. The molecule has 0 bridgehead atoms. The molecule has 0 amide bonds. The Bertz CT molecular complexity index is 670. The van der Waals surface area contributed by atoms with E-state index >= 15 is 0 Å². The molecule has 0 radical (unpaired) electrons. The van der Waals surface area contributed by atoms with Crippen LogP contribution in [-0.4, -0.2) is 31.7 Å². The molecule has 0 atom stereocenters. The molecule has 5 nitrogen and oxygen atoms in total. The van der Waals surface area contributed by atoms with Crippen LogP contribution in [0.2, 0.25) is 0 Å². The highest BCUT2D eigenvalue weighted by Crippen LogP contribution is 2.19. The molecule has 1 aromatic heterocycles. The Labute approximate surface area is 112 Å². The molecule has 1 heterocycles. The van der Waals surface area contributed by atoms with E-state index in [0.717, 1.165) is 5.56 Å². The lowest BCUT2D eigenvalue weighted by molar-refractivity contribution is 0.599. The quantitative estimate of drug-likeness (QED) is 0.921. The summed E-state index contributed by atoms with van der Waals surface area (Å²) < 4.78 is 22.7. The highest BCUT2D eigenvalue weighted by Gasteiger charge is 2.11. The van der Waals surface area contributed by atoms with E-state index in [1.807, 2.05) is 30.3 Å². The zero-order chi connectivity index (χ0) is 13.9. The van der Waals surface area contributed by atoms with E-state index in [0.29, 0.717) is 17.3 Å². The number of rotatable bonds is 4. The van der Waals surface area contributed by atoms with Crippen molar-refractivity contribution >= 4 is 15.7 Å². The Morgan fingerprint density at radius 1 is 1.16 bits per heavy atom. The van der Waals surface area contributed by atoms with E-state index in [1.54, 1.807) is 13.1 Å². The van der Waals surface area contributed by atoms with E-state index in [4.69, 9.17) is 0 Å². The molecule has 2 aromatic rings. The fraction of sp³-hybridized carbons (Fsp3) is 0.231. The summed E-state index contributed by atoms with van der Waals surface area (Å²) in [5.74, 6) is 0.739. The van der Waals surface area contributed by atoms with Gasteiger partial charge in [0.25, 0.3) is 0 Å². The van der Waals surface area contributed by atoms with Crippen molar-refractivity contribution in [3.63, 3.8) is 0 Å². The van der Waals surface area contributed by atoms with Crippen molar-refractivity contribution in [1.82, 2.24) is 9.97 Å². The molecule has 1 N–H and O–H groups in total. The average Bonchev–Trinajstić information content (AvgIpc) is 2.37. The van der Waals surface area contributed by atoms with Gasteiger partial charge in [-0.2, -0.15) is 0 Å². The molecule has 0 spiro atoms. The predicted molar refractivity (Wildman–Crippen MR) is 75.6 cm³/mol. The third-order valence-corrected chi connectivity index (χ3v) is 3.27. The monoisotopic (exact) mass is 277 g/mol. The molecule has 0 saturated carbocycles. The predicted octanol–water partition coefficient (Wildman–Crippen LogP) is 1.73. The Morgan fingerprint density at radius 2 is 1.84 bits per heavy atom. The molecule has 1 aromatic carbocycles. The van der Waals surface area contributed by atoms with Crippen molar-refractivity contribution in [2.75, 3.05) is 18.6 Å². The third-order valence-electron chi connectivity index (χ3n) is 2.49. The number of nitrogens with one attached hydrogen (secondary N) is 1. The maximum Gasteiger partial charge on any atom is 0.154 e. The molecule has 0 unspecified atom stereocenters. The Hall–Kier alpha value is -1.95. The first-order valence-corrected chi connectivity index (χ1v) is 7.83. The second-order valence-corrected chi connectivity index (χ2v) is 6.38. The van der Waals surface area contributed by atoms with Crippen molar-refractivity contribution in [2.24, 2.45) is 0 Å². The second-order valence-electron chi connectivity index (χ2n) is 4.24. The van der Waals surface area contributed by atoms with Gasteiger partial charge in [-0.15, -0.1) is 0 Å². The molecule has 0 aliphatic rings. The molecular weight excluding hydrogens is 262 g/mol. The van der Waals surface area contributed by atoms with Crippen LogP contribution in [0, 0.1) is 0 Å². The minimum atomic E-state index is -3.15. The van der Waals surface area contributed by atoms with Gasteiger partial charge < -0.3 is 5.32 Å². The number of benzene rings is 1. The standard InChI is InChI=1S/C13H15N3O2S/c1-14-12-8-11(10-6-4-3-5-7-10)15-13(16-12)9-19(2,17)18/h3-8H,9H2,1-2H3,(H,14,15,16). The summed E-state index contributed by atoms with van der Waals surface area (Å²) in [5.41, 5.74) is 1.63. The van der Waals surface area contributed by atoms with Gasteiger partial charge in [0.15, 0.2) is 9.84 Å². The van der Waals surface area contributed by atoms with E-state index in [9.17, 15) is 8.42 Å². The molecule has 19 heavy (non-hydrogen) atoms. The van der Waals surface area contributed by atoms with Gasteiger partial charge in [-0.3, -0.25) is 0 Å². The largest absolute Gasteiger partial charge is 0.373 e. The van der Waals surface area contributed by atoms with Crippen molar-refractivity contribution < 1.29 is 8.42 Å². The third kappa shape index (κ3) is 3.75. The van der Waals surface area contributed by atoms with Crippen LogP contribution in [0.5, 0.6) is 0 Å². The molecule has 0 saturated heterocycles. The fourth-order valence-corrected chi connectivity index (χ4v) is 2.28. The first kappa shape index (κ1) is 13.5. The van der Waals surface area contributed by atoms with E-state index < -0.39 is 9.84 Å². The van der Waals surface area contributed by atoms with Crippen LogP contribution >= 0.6 is 0 Å². The van der Waals surface area contributed by atoms with Crippen molar-refractivity contribution in [3.05, 3.63) is 42.2 Å². The summed E-state index contributed by atoms with van der Waals surface area (Å²) in [6.07, 6.45) is 1.17. The fourth-order valence-electron chi connectivity index (χ4n) is 1.68. The molecule has 100 valence electrons. The summed E-state index contributed by atoms with van der Waals surface area (Å²) in [4.78, 5) is 8.47. The SMILES string of the molecule is CNc1cc(-c2ccccc2)nc(CS(C)(=O)=O)n1. The molecule has 2 rings (SSSR count). The lowest BCUT2D eigenvalue weighted by Crippen LogP contribution is -2.07. The molecular formula is C13H15N3O2S. The number of hydrogen-bond donors (Lipinski definition) is 1. The highest BCUT2D eigenvalue weighted by atomic mass is 32.2. The van der Waals surface area contributed by atoms with Crippen molar-refractivity contribution in [1.29, 1.82) is 0 Å². The van der Waals surface area contributed by atoms with Crippen LogP contribution < -0.4 is 5.32 Å². The smallest absolute Gasteiger partial charge is 0.154 e. The maximum atomic E-state index is 11.3. The molecule has 0 fully saturated rings. The minimum Gasteiger partial charge on any atom is -0.373 e. The van der Waals surface area contributed by atoms with Gasteiger partial charge in [0, 0.05) is 24.9 Å². The number of nitrogens with zero attached hydrogens (tertiary/aromatic N) is 2. The van der Waals surface area contributed by atoms with Crippen LogP contribution in [0.3, 0.4) is 0 Å². The van der Waals surface area contributed by atoms with Crippen molar-refractivity contribution in [2.45, 2.75) is 5.75 Å². The lowest BCUT2D eigenvalue weighted by atomic mass is 10.1. The zero-order valence-electron chi connectivity index (χ0n) is 10.8. The Kier molecular flexibility index (Phi) is 3.80. The van der Waals surface area contributed by atoms with E-state index in [2.05, 4.69) is 15.3 Å². The van der Waals surface area contributed by atoms with Gasteiger partial charge in [-0.05, 0) is 0 Å². The first-order valence-electron chi connectivity index (χ1n) is 5.77. The summed E-state index contributed by atoms with van der Waals surface area (Å²) in [7, 11) is -1.42. The zero-order valence-corrected chi connectivity index (χ0v) is 11.6. The highest BCUT2D eigenvalue weighted by molar-refractivity contribution is 7.89. The van der Waals surface area contributed by atoms with Gasteiger partial charge in [0.2, 0.25) is 0 Å². The van der Waals surface area contributed by atoms with Crippen LogP contribution in [-0.2, 0) is 15.6 Å². The Balaban J connectivity index is 2.48. The summed E-state index contributed by atoms with van der Waals surface area (Å²) >= 11 is 0. The van der Waals surface area contributed by atoms with Crippen LogP contribution in [0.15, 0.2) is 36.4 Å². The Morgan fingerprint density at radius 3 is 2.42 bits per heavy atom. The van der Waals surface area contributed by atoms with E-state index in [1.165, 1.54) is 6.26 Å². The summed E-state index contributed by atoms with van der Waals surface area (Å²) in [6, 6.07) is 11.4. The second kappa shape index (κ2) is 5.36. The summed E-state index contributed by atoms with van der Waals surface area (Å²) in [5, 5.41) is 2.92. The van der Waals surface area contributed by atoms with Gasteiger partial charge in [-0.1, -0.05) is 30.3 Å². The topological polar surface area (TPSA) is 72.0 Å². The molecule has 0 aliphatic carbocycles. The number of aromatic nitrogens is 2. The van der Waals surface area contributed by atoms with Crippen LogP contribution in [0.4, 0.5) is 5.82 Å². The van der Waals surface area contributed by atoms with E-state index in [-0.39, 0.29) is 5.75 Å². The number of anilines is 1. The van der Waals surface area contributed by atoms with Gasteiger partial charge >= 0.3 is 0 Å². The normalized spacial score (nSPS) is 11.3. The number of hydrogen-bond acceptors (Lipinski definition) is 5. The van der Waals surface area contributed by atoms with Crippen molar-refractivity contribution in [3.8, 4) is 11.3 Å². The van der Waals surface area contributed by atoms with Crippen LogP contribution in [0.25, 0.3) is 11.3 Å². The minimum absolute atomic E-state index is 0.164.